The van der Waals surface area contributed by atoms with E-state index in [2.05, 4.69) is 61.5 Å². The van der Waals surface area contributed by atoms with Crippen molar-refractivity contribution in [3.8, 4) is 0 Å². The Hall–Kier alpha value is -1.82. The molecule has 0 saturated heterocycles. The molecule has 1 aliphatic carbocycles. The zero-order chi connectivity index (χ0) is 11.0. The summed E-state index contributed by atoms with van der Waals surface area (Å²) in [4.78, 5) is 0. The maximum absolute atomic E-state index is 2.32. The van der Waals surface area contributed by atoms with E-state index in [9.17, 15) is 0 Å². The van der Waals surface area contributed by atoms with Gasteiger partial charge in [-0.3, -0.25) is 0 Å². The Morgan fingerprint density at radius 1 is 0.875 bits per heavy atom. The van der Waals surface area contributed by atoms with Gasteiger partial charge in [-0.25, -0.2) is 0 Å². The first-order valence-electron chi connectivity index (χ1n) is 5.72. The number of rotatable bonds is 1. The zero-order valence-corrected chi connectivity index (χ0v) is 9.40. The van der Waals surface area contributed by atoms with Crippen LogP contribution in [0.25, 0.3) is 16.3 Å². The van der Waals surface area contributed by atoms with E-state index in [1.807, 2.05) is 0 Å². The molecule has 0 unspecified atom stereocenters. The monoisotopic (exact) mass is 206 g/mol. The molecule has 78 valence electrons. The lowest BCUT2D eigenvalue weighted by Gasteiger charge is -2.08. The van der Waals surface area contributed by atoms with Crippen molar-refractivity contribution < 1.29 is 0 Å². The SMILES string of the molecule is CC1=CCC=C1c1cccc2ccccc12. The van der Waals surface area contributed by atoms with Crippen LogP contribution < -0.4 is 0 Å². The Kier molecular flexibility index (Phi) is 2.14. The van der Waals surface area contributed by atoms with E-state index in [0.29, 0.717) is 0 Å². The van der Waals surface area contributed by atoms with Gasteiger partial charge < -0.3 is 0 Å². The van der Waals surface area contributed by atoms with E-state index in [1.54, 1.807) is 0 Å². The van der Waals surface area contributed by atoms with E-state index in [1.165, 1.54) is 27.5 Å². The number of hydrogen-bond donors (Lipinski definition) is 0. The minimum absolute atomic E-state index is 1.07. The molecule has 0 amide bonds. The molecule has 0 heteroatoms. The van der Waals surface area contributed by atoms with Crippen LogP contribution in [0.15, 0.2) is 60.2 Å². The van der Waals surface area contributed by atoms with Crippen LogP contribution in [0.4, 0.5) is 0 Å². The summed E-state index contributed by atoms with van der Waals surface area (Å²) < 4.78 is 0. The Bertz CT molecular complexity index is 595. The maximum atomic E-state index is 2.32. The van der Waals surface area contributed by atoms with Crippen LogP contribution >= 0.6 is 0 Å². The van der Waals surface area contributed by atoms with Crippen LogP contribution in [-0.4, -0.2) is 0 Å². The topological polar surface area (TPSA) is 0 Å². The van der Waals surface area contributed by atoms with Crippen molar-refractivity contribution in [2.45, 2.75) is 13.3 Å². The third-order valence-corrected chi connectivity index (χ3v) is 3.25. The quantitative estimate of drug-likeness (QED) is 0.641. The molecule has 0 fully saturated rings. The molecule has 0 aromatic heterocycles. The standard InChI is InChI=1S/C16H14/c1-12-6-4-10-14(12)16-11-5-8-13-7-2-3-9-15(13)16/h2-3,5-11H,4H2,1H3. The first-order valence-corrected chi connectivity index (χ1v) is 5.72. The minimum Gasteiger partial charge on any atom is -0.0772 e. The highest BCUT2D eigenvalue weighted by Gasteiger charge is 2.10. The minimum atomic E-state index is 1.07. The Labute approximate surface area is 95.9 Å². The zero-order valence-electron chi connectivity index (χ0n) is 9.40. The first-order chi connectivity index (χ1) is 7.86. The smallest absolute Gasteiger partial charge is 0.0105 e. The van der Waals surface area contributed by atoms with Gasteiger partial charge in [0.25, 0.3) is 0 Å². The summed E-state index contributed by atoms with van der Waals surface area (Å²) in [5.41, 5.74) is 4.16. The molecular formula is C16H14. The second-order valence-electron chi connectivity index (χ2n) is 4.27. The molecule has 0 heterocycles. The highest BCUT2D eigenvalue weighted by Crippen LogP contribution is 2.33. The molecule has 2 aromatic carbocycles. The molecule has 0 radical (unpaired) electrons. The van der Waals surface area contributed by atoms with Crippen molar-refractivity contribution in [1.82, 2.24) is 0 Å². The summed E-state index contributed by atoms with van der Waals surface area (Å²) in [5, 5.41) is 2.67. The predicted octanol–water partition coefficient (Wildman–Crippen LogP) is 4.57. The normalized spacial score (nSPS) is 15.1. The molecule has 1 aliphatic rings. The van der Waals surface area contributed by atoms with Gasteiger partial charge in [0.05, 0.1) is 0 Å². The van der Waals surface area contributed by atoms with Crippen molar-refractivity contribution >= 4 is 16.3 Å². The van der Waals surface area contributed by atoms with E-state index >= 15 is 0 Å². The molecule has 0 N–H and O–H groups in total. The van der Waals surface area contributed by atoms with Crippen LogP contribution in [-0.2, 0) is 0 Å². The van der Waals surface area contributed by atoms with Crippen LogP contribution in [0.2, 0.25) is 0 Å². The van der Waals surface area contributed by atoms with Gasteiger partial charge in [0.2, 0.25) is 0 Å². The molecule has 0 nitrogen and oxygen atoms in total. The second kappa shape index (κ2) is 3.64. The second-order valence-corrected chi connectivity index (χ2v) is 4.27. The fourth-order valence-corrected chi connectivity index (χ4v) is 2.41. The molecule has 0 spiro atoms. The van der Waals surface area contributed by atoms with E-state index < -0.39 is 0 Å². The lowest BCUT2D eigenvalue weighted by Crippen LogP contribution is -1.85. The third kappa shape index (κ3) is 1.38. The van der Waals surface area contributed by atoms with Gasteiger partial charge in [-0.15, -0.1) is 0 Å². The highest BCUT2D eigenvalue weighted by atomic mass is 14.1. The van der Waals surface area contributed by atoms with Crippen LogP contribution in [0, 0.1) is 0 Å². The van der Waals surface area contributed by atoms with Crippen molar-refractivity contribution in [1.29, 1.82) is 0 Å². The molecule has 0 saturated carbocycles. The summed E-state index contributed by atoms with van der Waals surface area (Å²) in [6, 6.07) is 15.1. The Balaban J connectivity index is 2.28. The predicted molar refractivity (Wildman–Crippen MR) is 70.3 cm³/mol. The van der Waals surface area contributed by atoms with Crippen molar-refractivity contribution in [2.24, 2.45) is 0 Å². The summed E-state index contributed by atoms with van der Waals surface area (Å²) in [6.45, 7) is 2.20. The van der Waals surface area contributed by atoms with E-state index in [0.717, 1.165) is 6.42 Å². The number of benzene rings is 2. The largest absolute Gasteiger partial charge is 0.0772 e. The van der Waals surface area contributed by atoms with Gasteiger partial charge in [0.15, 0.2) is 0 Å². The van der Waals surface area contributed by atoms with E-state index in [4.69, 9.17) is 0 Å². The molecule has 0 aliphatic heterocycles. The average molecular weight is 206 g/mol. The first kappa shape index (κ1) is 9.41. The number of hydrogen-bond acceptors (Lipinski definition) is 0. The Morgan fingerprint density at radius 2 is 1.69 bits per heavy atom. The summed E-state index contributed by atoms with van der Waals surface area (Å²) in [7, 11) is 0. The van der Waals surface area contributed by atoms with Gasteiger partial charge in [0.1, 0.15) is 0 Å². The van der Waals surface area contributed by atoms with Crippen LogP contribution in [0.1, 0.15) is 18.9 Å². The van der Waals surface area contributed by atoms with E-state index in [-0.39, 0.29) is 0 Å². The van der Waals surface area contributed by atoms with Crippen LogP contribution in [0.5, 0.6) is 0 Å². The van der Waals surface area contributed by atoms with Crippen LogP contribution in [0.3, 0.4) is 0 Å². The summed E-state index contributed by atoms with van der Waals surface area (Å²) in [6.07, 6.45) is 5.68. The third-order valence-electron chi connectivity index (χ3n) is 3.25. The molecular weight excluding hydrogens is 192 g/mol. The van der Waals surface area contributed by atoms with Gasteiger partial charge >= 0.3 is 0 Å². The summed E-state index contributed by atoms with van der Waals surface area (Å²) in [5.74, 6) is 0. The van der Waals surface area contributed by atoms with Gasteiger partial charge in [-0.1, -0.05) is 54.6 Å². The number of allylic oxidation sites excluding steroid dienone is 4. The number of fused-ring (bicyclic) bond motifs is 1. The fraction of sp³-hybridized carbons (Fsp3) is 0.125. The highest BCUT2D eigenvalue weighted by molar-refractivity contribution is 5.98. The van der Waals surface area contributed by atoms with Gasteiger partial charge in [0, 0.05) is 0 Å². The molecule has 3 rings (SSSR count). The van der Waals surface area contributed by atoms with Crippen molar-refractivity contribution in [3.63, 3.8) is 0 Å². The summed E-state index contributed by atoms with van der Waals surface area (Å²) >= 11 is 0. The van der Waals surface area contributed by atoms with Gasteiger partial charge in [-0.05, 0) is 40.8 Å². The Morgan fingerprint density at radius 3 is 2.50 bits per heavy atom. The van der Waals surface area contributed by atoms with Crippen molar-refractivity contribution in [3.05, 3.63) is 65.8 Å². The lowest BCUT2D eigenvalue weighted by atomic mass is 9.96. The molecule has 16 heavy (non-hydrogen) atoms. The lowest BCUT2D eigenvalue weighted by molar-refractivity contribution is 1.42. The fourth-order valence-electron chi connectivity index (χ4n) is 2.41. The van der Waals surface area contributed by atoms with Crippen molar-refractivity contribution in [2.75, 3.05) is 0 Å². The van der Waals surface area contributed by atoms with Gasteiger partial charge in [-0.2, -0.15) is 0 Å². The molecule has 0 bridgehead atoms. The molecule has 0 atom stereocenters. The average Bonchev–Trinajstić information content (AvgIpc) is 2.75. The maximum Gasteiger partial charge on any atom is -0.0105 e. The molecule has 2 aromatic rings.